The first kappa shape index (κ1) is 16.9. The van der Waals surface area contributed by atoms with Gasteiger partial charge < -0.3 is 15.6 Å². The summed E-state index contributed by atoms with van der Waals surface area (Å²) in [5, 5.41) is 0.643. The Balaban J connectivity index is 1.46. The second kappa shape index (κ2) is 7.40. The van der Waals surface area contributed by atoms with E-state index in [2.05, 4.69) is 45.2 Å². The monoisotopic (exact) mass is 348 g/mol. The van der Waals surface area contributed by atoms with Crippen LogP contribution in [0.2, 0.25) is 0 Å². The van der Waals surface area contributed by atoms with Gasteiger partial charge >= 0.3 is 0 Å². The van der Waals surface area contributed by atoms with E-state index in [1.54, 1.807) is 0 Å². The lowest BCUT2D eigenvalue weighted by atomic mass is 9.89. The molecule has 1 aliphatic rings. The Labute approximate surface area is 152 Å². The van der Waals surface area contributed by atoms with Crippen LogP contribution in [0.5, 0.6) is 0 Å². The third kappa shape index (κ3) is 3.41. The number of nitrogens with two attached hydrogens (primary N) is 1. The van der Waals surface area contributed by atoms with E-state index in [4.69, 9.17) is 5.73 Å². The number of H-pyrrole nitrogens is 1. The number of hydrogen-bond donors (Lipinski definition) is 2. The van der Waals surface area contributed by atoms with Crippen LogP contribution in [-0.4, -0.2) is 41.0 Å². The molecule has 5 nitrogen and oxygen atoms in total. The molecule has 2 aromatic carbocycles. The van der Waals surface area contributed by atoms with Crippen molar-refractivity contribution in [1.82, 2.24) is 14.9 Å². The highest BCUT2D eigenvalue weighted by molar-refractivity contribution is 5.77. The zero-order chi connectivity index (χ0) is 17.9. The number of rotatable bonds is 5. The van der Waals surface area contributed by atoms with Gasteiger partial charge in [-0.15, -0.1) is 0 Å². The molecule has 4 rings (SSSR count). The smallest absolute Gasteiger partial charge is 0.258 e. The summed E-state index contributed by atoms with van der Waals surface area (Å²) in [6.45, 7) is 3.57. The summed E-state index contributed by atoms with van der Waals surface area (Å²) >= 11 is 0. The van der Waals surface area contributed by atoms with E-state index >= 15 is 0 Å². The van der Waals surface area contributed by atoms with Crippen LogP contribution < -0.4 is 11.3 Å². The van der Waals surface area contributed by atoms with Crippen LogP contribution in [0.1, 0.15) is 17.3 Å². The van der Waals surface area contributed by atoms with Gasteiger partial charge in [-0.1, -0.05) is 42.5 Å². The SMILES string of the molecule is NC[C@@H]1CN(CCc2nc3ccccc3c(=O)[nH]2)C[C@H]1c1ccccc1. The van der Waals surface area contributed by atoms with Crippen LogP contribution in [0, 0.1) is 5.92 Å². The third-order valence-electron chi connectivity index (χ3n) is 5.37. The molecule has 0 spiro atoms. The fourth-order valence-corrected chi connectivity index (χ4v) is 3.98. The molecule has 3 N–H and O–H groups in total. The second-order valence-electron chi connectivity index (χ2n) is 7.05. The molecular formula is C21H24N4O. The third-order valence-corrected chi connectivity index (χ3v) is 5.37. The highest BCUT2D eigenvalue weighted by atomic mass is 16.1. The molecule has 1 aromatic heterocycles. The Bertz CT molecular complexity index is 937. The van der Waals surface area contributed by atoms with Gasteiger partial charge in [0.2, 0.25) is 0 Å². The van der Waals surface area contributed by atoms with Crippen LogP contribution in [0.4, 0.5) is 0 Å². The number of likely N-dealkylation sites (tertiary alicyclic amines) is 1. The molecule has 0 amide bonds. The van der Waals surface area contributed by atoms with Crippen molar-refractivity contribution in [1.29, 1.82) is 0 Å². The van der Waals surface area contributed by atoms with Crippen LogP contribution >= 0.6 is 0 Å². The highest BCUT2D eigenvalue weighted by Crippen LogP contribution is 2.31. The van der Waals surface area contributed by atoms with E-state index in [-0.39, 0.29) is 5.56 Å². The van der Waals surface area contributed by atoms with Crippen molar-refractivity contribution in [2.45, 2.75) is 12.3 Å². The van der Waals surface area contributed by atoms with Crippen molar-refractivity contribution < 1.29 is 0 Å². The van der Waals surface area contributed by atoms with Crippen molar-refractivity contribution in [2.24, 2.45) is 11.7 Å². The summed E-state index contributed by atoms with van der Waals surface area (Å²) in [5.41, 5.74) is 8.09. The maximum atomic E-state index is 12.2. The number of aromatic nitrogens is 2. The standard InChI is InChI=1S/C21H24N4O/c22-12-16-13-25(14-18(16)15-6-2-1-3-7-15)11-10-20-23-19-9-5-4-8-17(19)21(26)24-20/h1-9,16,18H,10-14,22H2,(H,23,24,26)/t16-,18+/m1/s1. The molecule has 134 valence electrons. The fourth-order valence-electron chi connectivity index (χ4n) is 3.98. The van der Waals surface area contributed by atoms with Crippen molar-refractivity contribution in [3.8, 4) is 0 Å². The summed E-state index contributed by atoms with van der Waals surface area (Å²) in [5.74, 6) is 1.70. The van der Waals surface area contributed by atoms with Crippen LogP contribution in [0.3, 0.4) is 0 Å². The molecule has 2 heterocycles. The van der Waals surface area contributed by atoms with Gasteiger partial charge in [-0.3, -0.25) is 4.79 Å². The van der Waals surface area contributed by atoms with E-state index in [0.29, 0.717) is 23.8 Å². The van der Waals surface area contributed by atoms with Crippen molar-refractivity contribution >= 4 is 10.9 Å². The van der Waals surface area contributed by atoms with Crippen molar-refractivity contribution in [2.75, 3.05) is 26.2 Å². The quantitative estimate of drug-likeness (QED) is 0.741. The molecule has 0 unspecified atom stereocenters. The molecule has 26 heavy (non-hydrogen) atoms. The van der Waals surface area contributed by atoms with Gasteiger partial charge in [0.15, 0.2) is 0 Å². The first-order valence-corrected chi connectivity index (χ1v) is 9.20. The molecule has 0 aliphatic carbocycles. The van der Waals surface area contributed by atoms with Crippen LogP contribution in [0.25, 0.3) is 10.9 Å². The summed E-state index contributed by atoms with van der Waals surface area (Å²) in [4.78, 5) is 22.2. The van der Waals surface area contributed by atoms with E-state index in [1.807, 2.05) is 24.3 Å². The Morgan fingerprint density at radius 1 is 1.08 bits per heavy atom. The number of nitrogens with zero attached hydrogens (tertiary/aromatic N) is 2. The molecule has 5 heteroatoms. The minimum absolute atomic E-state index is 0.0611. The molecular weight excluding hydrogens is 324 g/mol. The number of hydrogen-bond acceptors (Lipinski definition) is 4. The van der Waals surface area contributed by atoms with Crippen LogP contribution in [0.15, 0.2) is 59.4 Å². The van der Waals surface area contributed by atoms with E-state index in [0.717, 1.165) is 37.4 Å². The topological polar surface area (TPSA) is 75.0 Å². The maximum absolute atomic E-state index is 12.2. The van der Waals surface area contributed by atoms with Crippen molar-refractivity contribution in [3.05, 3.63) is 76.3 Å². The molecule has 2 atom stereocenters. The Kier molecular flexibility index (Phi) is 4.82. The Morgan fingerprint density at radius 2 is 1.85 bits per heavy atom. The summed E-state index contributed by atoms with van der Waals surface area (Å²) in [6, 6.07) is 18.1. The molecule has 1 fully saturated rings. The minimum Gasteiger partial charge on any atom is -0.330 e. The fraction of sp³-hybridized carbons (Fsp3) is 0.333. The molecule has 0 radical (unpaired) electrons. The second-order valence-corrected chi connectivity index (χ2v) is 7.05. The zero-order valence-corrected chi connectivity index (χ0v) is 14.8. The predicted octanol–water partition coefficient (Wildman–Crippen LogP) is 2.14. The lowest BCUT2D eigenvalue weighted by Crippen LogP contribution is -2.26. The zero-order valence-electron chi connectivity index (χ0n) is 14.8. The normalized spacial score (nSPS) is 20.7. The largest absolute Gasteiger partial charge is 0.330 e. The highest BCUT2D eigenvalue weighted by Gasteiger charge is 2.32. The van der Waals surface area contributed by atoms with Gasteiger partial charge in [-0.25, -0.2) is 4.98 Å². The predicted molar refractivity (Wildman–Crippen MR) is 104 cm³/mol. The average molecular weight is 348 g/mol. The van der Waals surface area contributed by atoms with Gasteiger partial charge in [-0.05, 0) is 30.2 Å². The molecule has 3 aromatic rings. The van der Waals surface area contributed by atoms with E-state index in [9.17, 15) is 4.79 Å². The minimum atomic E-state index is -0.0611. The number of nitrogens with one attached hydrogen (secondary N) is 1. The number of para-hydroxylation sites is 1. The molecule has 0 bridgehead atoms. The lowest BCUT2D eigenvalue weighted by molar-refractivity contribution is 0.326. The van der Waals surface area contributed by atoms with Gasteiger partial charge in [0, 0.05) is 32.0 Å². The number of benzene rings is 2. The van der Waals surface area contributed by atoms with Crippen molar-refractivity contribution in [3.63, 3.8) is 0 Å². The number of fused-ring (bicyclic) bond motifs is 1. The van der Waals surface area contributed by atoms with E-state index in [1.165, 1.54) is 5.56 Å². The van der Waals surface area contributed by atoms with Gasteiger partial charge in [0.1, 0.15) is 5.82 Å². The molecule has 0 saturated carbocycles. The molecule has 1 aliphatic heterocycles. The average Bonchev–Trinajstić information content (AvgIpc) is 3.10. The van der Waals surface area contributed by atoms with Gasteiger partial charge in [0.25, 0.3) is 5.56 Å². The Hall–Kier alpha value is -2.50. The Morgan fingerprint density at radius 3 is 2.65 bits per heavy atom. The first-order valence-electron chi connectivity index (χ1n) is 9.20. The summed E-state index contributed by atoms with van der Waals surface area (Å²) in [6.07, 6.45) is 0.735. The van der Waals surface area contributed by atoms with Gasteiger partial charge in [0.05, 0.1) is 10.9 Å². The van der Waals surface area contributed by atoms with E-state index < -0.39 is 0 Å². The lowest BCUT2D eigenvalue weighted by Gasteiger charge is -2.16. The first-order chi connectivity index (χ1) is 12.7. The summed E-state index contributed by atoms with van der Waals surface area (Å²) in [7, 11) is 0. The van der Waals surface area contributed by atoms with Gasteiger partial charge in [-0.2, -0.15) is 0 Å². The molecule has 1 saturated heterocycles. The number of aromatic amines is 1. The maximum Gasteiger partial charge on any atom is 0.258 e. The summed E-state index contributed by atoms with van der Waals surface area (Å²) < 4.78 is 0. The van der Waals surface area contributed by atoms with Crippen LogP contribution in [-0.2, 0) is 6.42 Å².